The number of carbonyl (C=O) groups is 2. The maximum absolute atomic E-state index is 11.5. The summed E-state index contributed by atoms with van der Waals surface area (Å²) >= 11 is 1.82. The molecule has 0 saturated heterocycles. The Labute approximate surface area is 103 Å². The Morgan fingerprint density at radius 3 is 2.38 bits per heavy atom. The molecule has 0 aliphatic carbocycles. The van der Waals surface area contributed by atoms with Crippen molar-refractivity contribution >= 4 is 34.3 Å². The molecular weight excluding hydrogens is 244 g/mol. The zero-order chi connectivity index (χ0) is 12.0. The van der Waals surface area contributed by atoms with Crippen molar-refractivity contribution in [1.29, 1.82) is 0 Å². The molecule has 16 heavy (non-hydrogen) atoms. The zero-order valence-corrected chi connectivity index (χ0v) is 10.6. The monoisotopic (exact) mass is 256 g/mol. The molecule has 1 amide bonds. The van der Waals surface area contributed by atoms with E-state index >= 15 is 0 Å². The standard InChI is InChI=1S/C10H12N2O2S2/c1-12(2)16-10(14)15-11-9(13)8-6-4-3-5-7-8/h3-7H,1-2H3,(H,11,13). The van der Waals surface area contributed by atoms with Gasteiger partial charge in [0, 0.05) is 29.5 Å². The van der Waals surface area contributed by atoms with Crippen LogP contribution >= 0.6 is 23.9 Å². The molecule has 1 rings (SSSR count). The lowest BCUT2D eigenvalue weighted by molar-refractivity contribution is 0.0984. The predicted molar refractivity (Wildman–Crippen MR) is 68.2 cm³/mol. The van der Waals surface area contributed by atoms with E-state index in [0.717, 1.165) is 23.9 Å². The molecule has 0 atom stereocenters. The molecule has 86 valence electrons. The second-order valence-electron chi connectivity index (χ2n) is 3.05. The maximum atomic E-state index is 11.5. The highest BCUT2D eigenvalue weighted by Gasteiger charge is 2.09. The Morgan fingerprint density at radius 1 is 1.19 bits per heavy atom. The van der Waals surface area contributed by atoms with E-state index in [2.05, 4.69) is 4.72 Å². The van der Waals surface area contributed by atoms with Crippen LogP contribution in [-0.2, 0) is 0 Å². The molecule has 1 N–H and O–H groups in total. The van der Waals surface area contributed by atoms with Crippen molar-refractivity contribution in [3.63, 3.8) is 0 Å². The van der Waals surface area contributed by atoms with Crippen LogP contribution in [-0.4, -0.2) is 28.8 Å². The minimum Gasteiger partial charge on any atom is -0.289 e. The van der Waals surface area contributed by atoms with Gasteiger partial charge in [-0.3, -0.25) is 14.3 Å². The average Bonchev–Trinajstić information content (AvgIpc) is 2.26. The first-order valence-corrected chi connectivity index (χ1v) is 6.10. The molecule has 0 radical (unpaired) electrons. The van der Waals surface area contributed by atoms with Crippen molar-refractivity contribution in [2.24, 2.45) is 0 Å². The van der Waals surface area contributed by atoms with Gasteiger partial charge in [-0.15, -0.1) is 0 Å². The lowest BCUT2D eigenvalue weighted by Gasteiger charge is -2.06. The highest BCUT2D eigenvalue weighted by Crippen LogP contribution is 2.15. The number of benzene rings is 1. The highest BCUT2D eigenvalue weighted by atomic mass is 32.2. The Hall–Kier alpha value is -0.980. The number of nitrogens with one attached hydrogen (secondary N) is 1. The fourth-order valence-electron chi connectivity index (χ4n) is 0.904. The molecule has 6 heteroatoms. The number of carbonyl (C=O) groups excluding carboxylic acids is 2. The van der Waals surface area contributed by atoms with Crippen LogP contribution in [0.15, 0.2) is 30.3 Å². The predicted octanol–water partition coefficient (Wildman–Crippen LogP) is 2.39. The van der Waals surface area contributed by atoms with E-state index in [1.807, 2.05) is 6.07 Å². The first-order chi connectivity index (χ1) is 7.59. The van der Waals surface area contributed by atoms with Crippen molar-refractivity contribution in [3.05, 3.63) is 35.9 Å². The van der Waals surface area contributed by atoms with Crippen molar-refractivity contribution in [3.8, 4) is 0 Å². The average molecular weight is 256 g/mol. The molecule has 1 aromatic rings. The van der Waals surface area contributed by atoms with Crippen LogP contribution in [0.25, 0.3) is 0 Å². The van der Waals surface area contributed by atoms with E-state index in [9.17, 15) is 9.59 Å². The van der Waals surface area contributed by atoms with Crippen molar-refractivity contribution in [2.75, 3.05) is 14.1 Å². The third kappa shape index (κ3) is 4.69. The van der Waals surface area contributed by atoms with Gasteiger partial charge in [0.15, 0.2) is 0 Å². The Bertz CT molecular complexity index is 368. The van der Waals surface area contributed by atoms with E-state index in [4.69, 9.17) is 0 Å². The minimum absolute atomic E-state index is 0.172. The van der Waals surface area contributed by atoms with Crippen LogP contribution in [0.1, 0.15) is 10.4 Å². The third-order valence-corrected chi connectivity index (χ3v) is 2.96. The summed E-state index contributed by atoms with van der Waals surface area (Å²) in [4.78, 5) is 22.8. The smallest absolute Gasteiger partial charge is 0.281 e. The maximum Gasteiger partial charge on any atom is 0.281 e. The number of hydrogen-bond donors (Lipinski definition) is 1. The van der Waals surface area contributed by atoms with Crippen LogP contribution in [0.3, 0.4) is 0 Å². The quantitative estimate of drug-likeness (QED) is 0.823. The second kappa shape index (κ2) is 6.57. The van der Waals surface area contributed by atoms with E-state index in [-0.39, 0.29) is 10.4 Å². The van der Waals surface area contributed by atoms with Gasteiger partial charge < -0.3 is 0 Å². The van der Waals surface area contributed by atoms with Crippen LogP contribution in [0, 0.1) is 0 Å². The van der Waals surface area contributed by atoms with Crippen molar-refractivity contribution in [1.82, 2.24) is 9.03 Å². The van der Waals surface area contributed by atoms with E-state index < -0.39 is 0 Å². The zero-order valence-electron chi connectivity index (χ0n) is 8.97. The Morgan fingerprint density at radius 2 is 1.81 bits per heavy atom. The van der Waals surface area contributed by atoms with Gasteiger partial charge in [-0.25, -0.2) is 4.31 Å². The first kappa shape index (κ1) is 13.1. The van der Waals surface area contributed by atoms with Crippen LogP contribution < -0.4 is 4.72 Å². The Balaban J connectivity index is 2.39. The van der Waals surface area contributed by atoms with Gasteiger partial charge in [0.1, 0.15) is 0 Å². The fourth-order valence-corrected chi connectivity index (χ4v) is 2.22. The first-order valence-electron chi connectivity index (χ1n) is 4.51. The summed E-state index contributed by atoms with van der Waals surface area (Å²) in [5.41, 5.74) is 0.539. The molecule has 0 heterocycles. The van der Waals surface area contributed by atoms with Gasteiger partial charge in [0.25, 0.3) is 10.4 Å². The SMILES string of the molecule is CN(C)SC(=O)SNC(=O)c1ccccc1. The number of amides is 1. The third-order valence-electron chi connectivity index (χ3n) is 1.52. The minimum atomic E-state index is -0.265. The summed E-state index contributed by atoms with van der Waals surface area (Å²) in [5.74, 6) is -0.265. The molecular formula is C10H12N2O2S2. The van der Waals surface area contributed by atoms with Gasteiger partial charge in [0.05, 0.1) is 0 Å². The van der Waals surface area contributed by atoms with E-state index in [1.165, 1.54) is 0 Å². The van der Waals surface area contributed by atoms with Crippen LogP contribution in [0.2, 0.25) is 0 Å². The topological polar surface area (TPSA) is 49.4 Å². The van der Waals surface area contributed by atoms with Gasteiger partial charge >= 0.3 is 0 Å². The van der Waals surface area contributed by atoms with Gasteiger partial charge in [-0.2, -0.15) is 0 Å². The van der Waals surface area contributed by atoms with Gasteiger partial charge in [-0.1, -0.05) is 18.2 Å². The molecule has 0 spiro atoms. The number of rotatable bonds is 2. The summed E-state index contributed by atoms with van der Waals surface area (Å²) in [6.45, 7) is 0. The number of nitrogens with zero attached hydrogens (tertiary/aromatic N) is 1. The largest absolute Gasteiger partial charge is 0.289 e. The van der Waals surface area contributed by atoms with Gasteiger partial charge in [0.2, 0.25) is 0 Å². The summed E-state index contributed by atoms with van der Waals surface area (Å²) in [7, 11) is 3.53. The molecule has 0 fully saturated rings. The van der Waals surface area contributed by atoms with E-state index in [0.29, 0.717) is 5.56 Å². The lowest BCUT2D eigenvalue weighted by Crippen LogP contribution is -2.17. The molecule has 0 bridgehead atoms. The lowest BCUT2D eigenvalue weighted by atomic mass is 10.2. The normalized spacial score (nSPS) is 10.2. The molecule has 4 nitrogen and oxygen atoms in total. The van der Waals surface area contributed by atoms with Crippen LogP contribution in [0.5, 0.6) is 0 Å². The second-order valence-corrected chi connectivity index (χ2v) is 5.37. The van der Waals surface area contributed by atoms with Crippen LogP contribution in [0.4, 0.5) is 4.79 Å². The molecule has 0 aliphatic rings. The van der Waals surface area contributed by atoms with E-state index in [1.54, 1.807) is 42.7 Å². The summed E-state index contributed by atoms with van der Waals surface area (Å²) < 4.78 is 3.98. The Kier molecular flexibility index (Phi) is 5.37. The molecule has 0 saturated carbocycles. The fraction of sp³-hybridized carbons (Fsp3) is 0.200. The molecule has 0 aliphatic heterocycles. The summed E-state index contributed by atoms with van der Waals surface area (Å²) in [6.07, 6.45) is 0. The molecule has 0 unspecified atom stereocenters. The molecule has 1 aromatic carbocycles. The summed E-state index contributed by atoms with van der Waals surface area (Å²) in [6, 6.07) is 8.77. The summed E-state index contributed by atoms with van der Waals surface area (Å²) in [5, 5.41) is 0. The van der Waals surface area contributed by atoms with Gasteiger partial charge in [-0.05, 0) is 26.2 Å². The van der Waals surface area contributed by atoms with Crippen molar-refractivity contribution in [2.45, 2.75) is 0 Å². The molecule has 0 aromatic heterocycles. The van der Waals surface area contributed by atoms with Crippen molar-refractivity contribution < 1.29 is 9.59 Å². The highest BCUT2D eigenvalue weighted by molar-refractivity contribution is 8.37. The number of hydrogen-bond acceptors (Lipinski definition) is 5.